The highest BCUT2D eigenvalue weighted by atomic mass is 35.5. The summed E-state index contributed by atoms with van der Waals surface area (Å²) < 4.78 is 0. The Labute approximate surface area is 111 Å². The molecule has 0 unspecified atom stereocenters. The van der Waals surface area contributed by atoms with Gasteiger partial charge in [0, 0.05) is 5.88 Å². The van der Waals surface area contributed by atoms with E-state index in [1.54, 1.807) is 0 Å². The highest BCUT2D eigenvalue weighted by molar-refractivity contribution is 6.17. The van der Waals surface area contributed by atoms with Gasteiger partial charge in [-0.1, -0.05) is 42.5 Å². The minimum absolute atomic E-state index is 0.598. The van der Waals surface area contributed by atoms with Gasteiger partial charge < -0.3 is 0 Å². The first-order chi connectivity index (χ1) is 8.88. The van der Waals surface area contributed by atoms with Crippen molar-refractivity contribution >= 4 is 23.8 Å². The molecule has 0 nitrogen and oxygen atoms in total. The molecule has 18 heavy (non-hydrogen) atoms. The van der Waals surface area contributed by atoms with Crippen LogP contribution in [0.2, 0.25) is 0 Å². The Balaban J connectivity index is 2.42. The summed E-state index contributed by atoms with van der Waals surface area (Å²) in [7, 11) is 0. The summed E-state index contributed by atoms with van der Waals surface area (Å²) in [6, 6.07) is 11.1. The van der Waals surface area contributed by atoms with Crippen LogP contribution in [-0.4, -0.2) is 0 Å². The molecule has 0 saturated carbocycles. The smallest absolute Gasteiger partial charge is 0.0480 e. The molecule has 0 N–H and O–H groups in total. The van der Waals surface area contributed by atoms with Crippen molar-refractivity contribution in [3.63, 3.8) is 0 Å². The Morgan fingerprint density at radius 2 is 1.72 bits per heavy atom. The van der Waals surface area contributed by atoms with Crippen LogP contribution in [0.15, 0.2) is 30.3 Å². The number of hydrogen-bond donors (Lipinski definition) is 0. The van der Waals surface area contributed by atoms with Crippen molar-refractivity contribution in [2.45, 2.75) is 18.7 Å². The predicted molar refractivity (Wildman–Crippen MR) is 75.7 cm³/mol. The van der Waals surface area contributed by atoms with Crippen LogP contribution in [0.5, 0.6) is 0 Å². The summed E-state index contributed by atoms with van der Waals surface area (Å²) in [5, 5.41) is 5.65. The largest absolute Gasteiger partial charge is 0.122 e. The van der Waals surface area contributed by atoms with E-state index in [4.69, 9.17) is 11.6 Å². The van der Waals surface area contributed by atoms with Crippen LogP contribution in [0, 0.1) is 10.4 Å². The van der Waals surface area contributed by atoms with Crippen LogP contribution in [0.3, 0.4) is 0 Å². The third-order valence-corrected chi connectivity index (χ3v) is 4.35. The molecular weight excluding hydrogens is 240 g/mol. The van der Waals surface area contributed by atoms with Crippen molar-refractivity contribution in [2.24, 2.45) is 0 Å². The van der Waals surface area contributed by atoms with Crippen molar-refractivity contribution in [3.05, 3.63) is 67.9 Å². The first-order valence-electron chi connectivity index (χ1n) is 6.38. The Morgan fingerprint density at radius 1 is 0.889 bits per heavy atom. The SMILES string of the molecule is ClCc1ccc2c3c1=CCc1cccc(c1=3)=CC2. The molecule has 88 valence electrons. The van der Waals surface area contributed by atoms with Gasteiger partial charge in [-0.3, -0.25) is 0 Å². The van der Waals surface area contributed by atoms with E-state index in [9.17, 15) is 0 Å². The third-order valence-electron chi connectivity index (χ3n) is 4.07. The van der Waals surface area contributed by atoms with Crippen molar-refractivity contribution in [2.75, 3.05) is 0 Å². The zero-order valence-electron chi connectivity index (χ0n) is 10.0. The fourth-order valence-corrected chi connectivity index (χ4v) is 3.45. The number of rotatable bonds is 1. The molecule has 0 aliphatic heterocycles. The fraction of sp³-hybridized carbons (Fsp3) is 0.176. The van der Waals surface area contributed by atoms with Crippen molar-refractivity contribution in [1.82, 2.24) is 0 Å². The number of halogens is 1. The topological polar surface area (TPSA) is 0 Å². The quantitative estimate of drug-likeness (QED) is 0.684. The minimum Gasteiger partial charge on any atom is -0.122 e. The van der Waals surface area contributed by atoms with Gasteiger partial charge in [0.2, 0.25) is 0 Å². The second-order valence-corrected chi connectivity index (χ2v) is 5.27. The lowest BCUT2D eigenvalue weighted by atomic mass is 9.90. The third kappa shape index (κ3) is 1.27. The molecule has 0 aromatic heterocycles. The van der Waals surface area contributed by atoms with E-state index in [-0.39, 0.29) is 0 Å². The molecule has 2 aliphatic rings. The maximum absolute atomic E-state index is 6.07. The number of hydrogen-bond acceptors (Lipinski definition) is 0. The van der Waals surface area contributed by atoms with Gasteiger partial charge in [0.1, 0.15) is 0 Å². The van der Waals surface area contributed by atoms with Gasteiger partial charge >= 0.3 is 0 Å². The first kappa shape index (κ1) is 10.4. The van der Waals surface area contributed by atoms with Crippen LogP contribution in [0.4, 0.5) is 0 Å². The van der Waals surface area contributed by atoms with E-state index in [0.29, 0.717) is 5.88 Å². The van der Waals surface area contributed by atoms with Crippen LogP contribution < -0.4 is 10.4 Å². The van der Waals surface area contributed by atoms with E-state index in [1.165, 1.54) is 37.6 Å². The second kappa shape index (κ2) is 3.73. The highest BCUT2D eigenvalue weighted by Gasteiger charge is 2.11. The van der Waals surface area contributed by atoms with E-state index in [1.807, 2.05) is 0 Å². The van der Waals surface area contributed by atoms with E-state index >= 15 is 0 Å². The van der Waals surface area contributed by atoms with Gasteiger partial charge in [0.25, 0.3) is 0 Å². The molecule has 0 amide bonds. The lowest BCUT2D eigenvalue weighted by molar-refractivity contribution is 1.11. The van der Waals surface area contributed by atoms with Gasteiger partial charge in [0.15, 0.2) is 0 Å². The van der Waals surface area contributed by atoms with Gasteiger partial charge in [-0.25, -0.2) is 0 Å². The normalized spacial score (nSPS) is 14.5. The van der Waals surface area contributed by atoms with Gasteiger partial charge in [-0.2, -0.15) is 0 Å². The summed E-state index contributed by atoms with van der Waals surface area (Å²) in [6.45, 7) is 0. The molecule has 0 spiro atoms. The molecule has 0 saturated heterocycles. The van der Waals surface area contributed by atoms with E-state index in [0.717, 1.165) is 12.8 Å². The molecule has 0 fully saturated rings. The molecule has 0 atom stereocenters. The average molecular weight is 253 g/mol. The standard InChI is InChI=1S/C17H13Cl/c18-10-14-7-6-13-5-4-11-2-1-3-12-8-9-15(14)17(13)16(11)12/h1-4,6-7,9H,5,8,10H2. The average Bonchev–Trinajstić information content (AvgIpc) is 2.44. The number of benzene rings is 2. The monoisotopic (exact) mass is 252 g/mol. The highest BCUT2D eigenvalue weighted by Crippen LogP contribution is 2.15. The molecule has 1 heteroatoms. The lowest BCUT2D eigenvalue weighted by Gasteiger charge is -2.15. The lowest BCUT2D eigenvalue weighted by Crippen LogP contribution is -2.23. The molecule has 0 bridgehead atoms. The van der Waals surface area contributed by atoms with Gasteiger partial charge in [-0.05, 0) is 50.4 Å². The van der Waals surface area contributed by atoms with E-state index in [2.05, 4.69) is 42.5 Å². The predicted octanol–water partition coefficient (Wildman–Crippen LogP) is 2.39. The van der Waals surface area contributed by atoms with Crippen LogP contribution >= 0.6 is 11.6 Å². The van der Waals surface area contributed by atoms with Gasteiger partial charge in [-0.15, -0.1) is 11.6 Å². The molecule has 2 aliphatic carbocycles. The maximum Gasteiger partial charge on any atom is 0.0480 e. The Hall–Kier alpha value is -1.53. The van der Waals surface area contributed by atoms with Crippen LogP contribution in [0.1, 0.15) is 16.7 Å². The van der Waals surface area contributed by atoms with Crippen molar-refractivity contribution < 1.29 is 0 Å². The van der Waals surface area contributed by atoms with Crippen LogP contribution in [-0.2, 0) is 18.7 Å². The fourth-order valence-electron chi connectivity index (χ4n) is 3.22. The molecule has 2 aromatic rings. The summed E-state index contributed by atoms with van der Waals surface area (Å²) in [5.74, 6) is 0.598. The summed E-state index contributed by atoms with van der Waals surface area (Å²) in [5.41, 5.74) is 4.15. The summed E-state index contributed by atoms with van der Waals surface area (Å²) in [6.07, 6.45) is 6.75. The molecule has 2 aromatic carbocycles. The maximum atomic E-state index is 6.07. The molecule has 4 rings (SSSR count). The van der Waals surface area contributed by atoms with Crippen LogP contribution in [0.25, 0.3) is 12.2 Å². The Morgan fingerprint density at radius 3 is 2.61 bits per heavy atom. The Bertz CT molecular complexity index is 860. The second-order valence-electron chi connectivity index (χ2n) is 5.00. The Kier molecular flexibility index (Phi) is 2.15. The number of alkyl halides is 1. The van der Waals surface area contributed by atoms with Gasteiger partial charge in [0.05, 0.1) is 0 Å². The summed E-state index contributed by atoms with van der Waals surface area (Å²) >= 11 is 6.07. The van der Waals surface area contributed by atoms with Crippen molar-refractivity contribution in [3.8, 4) is 0 Å². The first-order valence-corrected chi connectivity index (χ1v) is 6.91. The van der Waals surface area contributed by atoms with E-state index < -0.39 is 0 Å². The molecule has 0 heterocycles. The summed E-state index contributed by atoms with van der Waals surface area (Å²) in [4.78, 5) is 0. The molecular formula is C17H13Cl. The zero-order valence-corrected chi connectivity index (χ0v) is 10.8. The molecule has 0 radical (unpaired) electrons. The zero-order chi connectivity index (χ0) is 12.1. The minimum atomic E-state index is 0.598. The van der Waals surface area contributed by atoms with Crippen molar-refractivity contribution in [1.29, 1.82) is 0 Å².